The predicted molar refractivity (Wildman–Crippen MR) is 117 cm³/mol. The normalized spacial score (nSPS) is 23.0. The van der Waals surface area contributed by atoms with Crippen molar-refractivity contribution in [3.63, 3.8) is 0 Å². The average Bonchev–Trinajstić information content (AvgIpc) is 3.02. The van der Waals surface area contributed by atoms with Crippen molar-refractivity contribution < 1.29 is 4.79 Å². The molecular formula is C19H26Cl2N4OS. The molecule has 3 fully saturated rings. The van der Waals surface area contributed by atoms with Gasteiger partial charge in [0.05, 0.1) is 10.2 Å². The van der Waals surface area contributed by atoms with Crippen LogP contribution < -0.4 is 15.5 Å². The van der Waals surface area contributed by atoms with E-state index in [1.807, 2.05) is 12.1 Å². The molecule has 1 aromatic heterocycles. The number of nitrogens with one attached hydrogen (secondary N) is 2. The molecule has 1 aromatic carbocycles. The average molecular weight is 429 g/mol. The first kappa shape index (κ1) is 20.6. The summed E-state index contributed by atoms with van der Waals surface area (Å²) in [5.74, 6) is 0.400. The second-order valence-corrected chi connectivity index (χ2v) is 8.74. The van der Waals surface area contributed by atoms with E-state index in [-0.39, 0.29) is 42.1 Å². The van der Waals surface area contributed by atoms with Gasteiger partial charge in [0, 0.05) is 24.7 Å². The summed E-state index contributed by atoms with van der Waals surface area (Å²) in [4.78, 5) is 19.8. The zero-order valence-corrected chi connectivity index (χ0v) is 17.7. The van der Waals surface area contributed by atoms with Crippen molar-refractivity contribution in [1.29, 1.82) is 0 Å². The highest BCUT2D eigenvalue weighted by atomic mass is 35.5. The third-order valence-corrected chi connectivity index (χ3v) is 7.21. The number of piperidine rings is 1. The Hall–Kier alpha value is -1.08. The molecule has 3 heterocycles. The summed E-state index contributed by atoms with van der Waals surface area (Å²) in [5.41, 5.74) is 2.23. The molecule has 1 spiro atoms. The van der Waals surface area contributed by atoms with Crippen molar-refractivity contribution in [1.82, 2.24) is 10.3 Å². The summed E-state index contributed by atoms with van der Waals surface area (Å²) in [6, 6.07) is 6.11. The van der Waals surface area contributed by atoms with Crippen molar-refractivity contribution in [3.8, 4) is 0 Å². The maximum absolute atomic E-state index is 12.6. The third-order valence-electron chi connectivity index (χ3n) is 6.13. The molecule has 2 aliphatic heterocycles. The first-order valence-corrected chi connectivity index (χ1v) is 10.2. The van der Waals surface area contributed by atoms with Crippen LogP contribution in [0.15, 0.2) is 18.2 Å². The van der Waals surface area contributed by atoms with Gasteiger partial charge in [-0.2, -0.15) is 0 Å². The van der Waals surface area contributed by atoms with Gasteiger partial charge in [0.1, 0.15) is 0 Å². The summed E-state index contributed by atoms with van der Waals surface area (Å²) >= 11 is 1.74. The Bertz CT molecular complexity index is 815. The summed E-state index contributed by atoms with van der Waals surface area (Å²) in [7, 11) is 0. The first-order valence-electron chi connectivity index (χ1n) is 9.41. The number of hydrogen-bond donors (Lipinski definition) is 2. The van der Waals surface area contributed by atoms with Crippen LogP contribution in [0.4, 0.5) is 10.8 Å². The van der Waals surface area contributed by atoms with Crippen LogP contribution >= 0.6 is 36.2 Å². The number of aromatic nitrogens is 1. The van der Waals surface area contributed by atoms with Crippen LogP contribution in [0.3, 0.4) is 0 Å². The number of carbonyl (C=O) groups excluding carboxylic acids is 1. The summed E-state index contributed by atoms with van der Waals surface area (Å²) in [5, 5.41) is 7.66. The molecule has 0 bridgehead atoms. The van der Waals surface area contributed by atoms with Crippen molar-refractivity contribution in [2.75, 3.05) is 36.4 Å². The van der Waals surface area contributed by atoms with E-state index in [9.17, 15) is 4.79 Å². The Kier molecular flexibility index (Phi) is 6.21. The van der Waals surface area contributed by atoms with Crippen molar-refractivity contribution in [2.45, 2.75) is 32.1 Å². The number of nitrogens with zero attached hydrogens (tertiary/aromatic N) is 2. The Balaban J connectivity index is 0.00000105. The molecule has 8 heteroatoms. The lowest BCUT2D eigenvalue weighted by Crippen LogP contribution is -2.31. The fraction of sp³-hybridized carbons (Fsp3) is 0.579. The highest BCUT2D eigenvalue weighted by molar-refractivity contribution is 7.22. The molecule has 2 saturated heterocycles. The molecule has 27 heavy (non-hydrogen) atoms. The van der Waals surface area contributed by atoms with E-state index >= 15 is 0 Å². The van der Waals surface area contributed by atoms with Crippen molar-refractivity contribution >= 4 is 63.1 Å². The second-order valence-electron chi connectivity index (χ2n) is 7.73. The molecule has 1 aliphatic carbocycles. The zero-order chi connectivity index (χ0) is 16.9. The number of amides is 1. The van der Waals surface area contributed by atoms with Gasteiger partial charge in [-0.25, -0.2) is 4.98 Å². The maximum Gasteiger partial charge on any atom is 0.228 e. The van der Waals surface area contributed by atoms with Gasteiger partial charge in [0.25, 0.3) is 0 Å². The van der Waals surface area contributed by atoms with Gasteiger partial charge in [-0.1, -0.05) is 11.3 Å². The van der Waals surface area contributed by atoms with E-state index < -0.39 is 0 Å². The van der Waals surface area contributed by atoms with Crippen LogP contribution in [0.2, 0.25) is 0 Å². The van der Waals surface area contributed by atoms with Gasteiger partial charge in [-0.05, 0) is 68.8 Å². The Morgan fingerprint density at radius 1 is 1.22 bits per heavy atom. The van der Waals surface area contributed by atoms with Crippen LogP contribution in [0.5, 0.6) is 0 Å². The number of anilines is 2. The minimum atomic E-state index is 0. The van der Waals surface area contributed by atoms with E-state index in [0.29, 0.717) is 0 Å². The molecule has 3 aliphatic rings. The topological polar surface area (TPSA) is 57.3 Å². The number of thiazole rings is 1. The minimum Gasteiger partial charge on any atom is -0.348 e. The zero-order valence-electron chi connectivity index (χ0n) is 15.2. The Morgan fingerprint density at radius 2 is 1.96 bits per heavy atom. The monoisotopic (exact) mass is 428 g/mol. The van der Waals surface area contributed by atoms with Gasteiger partial charge in [-0.15, -0.1) is 24.8 Å². The van der Waals surface area contributed by atoms with Gasteiger partial charge in [0.2, 0.25) is 5.91 Å². The molecule has 0 radical (unpaired) electrons. The van der Waals surface area contributed by atoms with Crippen LogP contribution in [-0.2, 0) is 4.79 Å². The molecular weight excluding hydrogens is 403 g/mol. The molecule has 5 rings (SSSR count). The van der Waals surface area contributed by atoms with Crippen LogP contribution in [-0.4, -0.2) is 37.1 Å². The largest absolute Gasteiger partial charge is 0.348 e. The first-order chi connectivity index (χ1) is 12.2. The molecule has 148 valence electrons. The van der Waals surface area contributed by atoms with Crippen LogP contribution in [0, 0.1) is 11.3 Å². The minimum absolute atomic E-state index is 0. The van der Waals surface area contributed by atoms with E-state index in [2.05, 4.69) is 21.6 Å². The van der Waals surface area contributed by atoms with E-state index in [1.165, 1.54) is 12.8 Å². The molecule has 1 saturated carbocycles. The van der Waals surface area contributed by atoms with Crippen molar-refractivity contribution in [3.05, 3.63) is 18.2 Å². The number of rotatable bonds is 3. The fourth-order valence-corrected chi connectivity index (χ4v) is 5.52. The second kappa shape index (κ2) is 8.11. The molecule has 5 nitrogen and oxygen atoms in total. The predicted octanol–water partition coefficient (Wildman–Crippen LogP) is 4.07. The molecule has 2 aromatic rings. The fourth-order valence-electron chi connectivity index (χ4n) is 4.46. The molecule has 1 amide bonds. The van der Waals surface area contributed by atoms with E-state index in [1.54, 1.807) is 11.3 Å². The molecule has 1 atom stereocenters. The summed E-state index contributed by atoms with van der Waals surface area (Å²) in [6.07, 6.45) is 5.85. The third kappa shape index (κ3) is 3.90. The van der Waals surface area contributed by atoms with E-state index in [4.69, 9.17) is 4.98 Å². The Labute approximate surface area is 176 Å². The summed E-state index contributed by atoms with van der Waals surface area (Å²) in [6.45, 7) is 4.33. The number of hydrogen-bond acceptors (Lipinski definition) is 5. The SMILES string of the molecule is Cl.Cl.O=C(Nc1ccc2nc(N3CCCC3)sc2c1)C1CC12CCNCC2. The van der Waals surface area contributed by atoms with Crippen LogP contribution in [0.25, 0.3) is 10.2 Å². The van der Waals surface area contributed by atoms with Gasteiger partial charge < -0.3 is 15.5 Å². The lowest BCUT2D eigenvalue weighted by Gasteiger charge is -2.23. The molecule has 2 N–H and O–H groups in total. The van der Waals surface area contributed by atoms with Gasteiger partial charge in [-0.3, -0.25) is 4.79 Å². The number of fused-ring (bicyclic) bond motifs is 1. The Morgan fingerprint density at radius 3 is 2.70 bits per heavy atom. The van der Waals surface area contributed by atoms with Crippen molar-refractivity contribution in [2.24, 2.45) is 11.3 Å². The number of benzene rings is 1. The number of halogens is 2. The summed E-state index contributed by atoms with van der Waals surface area (Å²) < 4.78 is 1.16. The number of carbonyl (C=O) groups is 1. The highest BCUT2D eigenvalue weighted by Crippen LogP contribution is 2.58. The maximum atomic E-state index is 12.6. The van der Waals surface area contributed by atoms with E-state index in [0.717, 1.165) is 66.5 Å². The van der Waals surface area contributed by atoms with Crippen LogP contribution in [0.1, 0.15) is 32.1 Å². The van der Waals surface area contributed by atoms with Gasteiger partial charge in [0.15, 0.2) is 5.13 Å². The smallest absolute Gasteiger partial charge is 0.228 e. The quantitative estimate of drug-likeness (QED) is 0.773. The molecule has 1 unspecified atom stereocenters. The lowest BCUT2D eigenvalue weighted by molar-refractivity contribution is -0.118. The van der Waals surface area contributed by atoms with Gasteiger partial charge >= 0.3 is 0 Å². The highest BCUT2D eigenvalue weighted by Gasteiger charge is 2.57. The lowest BCUT2D eigenvalue weighted by atomic mass is 9.92. The standard InChI is InChI=1S/C19H24N4OS.2ClH/c24-17(14-12-19(14)5-7-20-8-6-19)21-13-3-4-15-16(11-13)25-18(22-15)23-9-1-2-10-23;;/h3-4,11,14,20H,1-2,5-10,12H2,(H,21,24);2*1H.